The molecule has 0 saturated heterocycles. The number of aromatic nitrogens is 3. The summed E-state index contributed by atoms with van der Waals surface area (Å²) in [5.74, 6) is 2.95. The number of pyridine rings is 1. The summed E-state index contributed by atoms with van der Waals surface area (Å²) in [4.78, 5) is 15.5. The van der Waals surface area contributed by atoms with Crippen LogP contribution in [-0.4, -0.2) is 41.6 Å². The molecule has 5 rings (SSSR count). The monoisotopic (exact) mass is 489 g/mol. The third-order valence-corrected chi connectivity index (χ3v) is 6.92. The Bertz CT molecular complexity index is 1370. The van der Waals surface area contributed by atoms with Crippen LogP contribution in [0.15, 0.2) is 53.7 Å². The van der Waals surface area contributed by atoms with E-state index in [4.69, 9.17) is 9.47 Å². The highest BCUT2D eigenvalue weighted by atomic mass is 32.2. The smallest absolute Gasteiger partial charge is 0.211 e. The van der Waals surface area contributed by atoms with Gasteiger partial charge in [0.05, 0.1) is 30.5 Å². The number of amides is 1. The van der Waals surface area contributed by atoms with Gasteiger partial charge in [-0.05, 0) is 72.9 Å². The Balaban J connectivity index is 1.39. The number of nitrogens with one attached hydrogen (secondary N) is 3. The molecule has 8 nitrogen and oxygen atoms in total. The van der Waals surface area contributed by atoms with E-state index >= 15 is 0 Å². The Kier molecular flexibility index (Phi) is 6.50. The Morgan fingerprint density at radius 3 is 2.83 bits per heavy atom. The summed E-state index contributed by atoms with van der Waals surface area (Å²) >= 11 is 1.57. The van der Waals surface area contributed by atoms with Gasteiger partial charge in [-0.3, -0.25) is 9.89 Å². The normalized spacial score (nSPS) is 16.7. The number of aromatic amines is 1. The first kappa shape index (κ1) is 23.0. The van der Waals surface area contributed by atoms with Crippen molar-refractivity contribution in [2.75, 3.05) is 30.6 Å². The molecule has 1 fully saturated rings. The number of methoxy groups -OCH3 is 1. The molecular formula is C26H27N5O3S. The molecule has 0 spiro atoms. The summed E-state index contributed by atoms with van der Waals surface area (Å²) < 4.78 is 11.2. The van der Waals surface area contributed by atoms with Crippen LogP contribution in [-0.2, 0) is 4.79 Å². The maximum absolute atomic E-state index is 11.1. The maximum atomic E-state index is 11.1. The molecular weight excluding hydrogens is 462 g/mol. The number of rotatable bonds is 10. The van der Waals surface area contributed by atoms with Gasteiger partial charge in [0.2, 0.25) is 6.41 Å². The zero-order valence-corrected chi connectivity index (χ0v) is 20.6. The molecule has 1 amide bonds. The van der Waals surface area contributed by atoms with E-state index in [-0.39, 0.29) is 0 Å². The van der Waals surface area contributed by atoms with Gasteiger partial charge in [-0.25, -0.2) is 4.98 Å². The molecule has 2 heterocycles. The van der Waals surface area contributed by atoms with Crippen molar-refractivity contribution in [3.8, 4) is 11.5 Å². The minimum atomic E-state index is 0.320. The zero-order chi connectivity index (χ0) is 24.4. The lowest BCUT2D eigenvalue weighted by Gasteiger charge is -2.12. The second kappa shape index (κ2) is 9.87. The third-order valence-electron chi connectivity index (χ3n) is 6.28. The molecule has 1 aliphatic carbocycles. The largest absolute Gasteiger partial charge is 0.497 e. The van der Waals surface area contributed by atoms with E-state index in [0.717, 1.165) is 63.0 Å². The van der Waals surface area contributed by atoms with E-state index in [2.05, 4.69) is 44.0 Å². The summed E-state index contributed by atoms with van der Waals surface area (Å²) in [6.07, 6.45) is 5.49. The van der Waals surface area contributed by atoms with E-state index in [1.54, 1.807) is 25.1 Å². The molecule has 0 bridgehead atoms. The van der Waals surface area contributed by atoms with Crippen LogP contribution in [0.25, 0.3) is 10.9 Å². The predicted octanol–water partition coefficient (Wildman–Crippen LogP) is 5.67. The van der Waals surface area contributed by atoms with Gasteiger partial charge in [-0.2, -0.15) is 5.10 Å². The van der Waals surface area contributed by atoms with Crippen molar-refractivity contribution in [2.45, 2.75) is 30.2 Å². The SMILES string of the molecule is CCOc1cc(SC)ncc1Nc1n[nH]c2cc(C3CC3c3cc(OC)ccc3NC=O)ccc12. The Hall–Kier alpha value is -3.72. The van der Waals surface area contributed by atoms with E-state index in [1.807, 2.05) is 37.4 Å². The van der Waals surface area contributed by atoms with Crippen LogP contribution in [0.4, 0.5) is 17.2 Å². The molecule has 2 atom stereocenters. The molecule has 3 N–H and O–H groups in total. The number of hydrogen-bond acceptors (Lipinski definition) is 7. The molecule has 2 aromatic heterocycles. The van der Waals surface area contributed by atoms with Gasteiger partial charge in [-0.15, -0.1) is 11.8 Å². The summed E-state index contributed by atoms with van der Waals surface area (Å²) in [7, 11) is 1.65. The highest BCUT2D eigenvalue weighted by Crippen LogP contribution is 2.57. The second-order valence-corrected chi connectivity index (χ2v) is 9.15. The molecule has 4 aromatic rings. The molecule has 180 valence electrons. The number of thioether (sulfide) groups is 1. The van der Waals surface area contributed by atoms with E-state index < -0.39 is 0 Å². The summed E-state index contributed by atoms with van der Waals surface area (Å²) in [5.41, 5.74) is 4.89. The predicted molar refractivity (Wildman–Crippen MR) is 139 cm³/mol. The Morgan fingerprint density at radius 1 is 1.17 bits per heavy atom. The molecule has 2 unspecified atom stereocenters. The first-order valence-corrected chi connectivity index (χ1v) is 12.7. The molecule has 35 heavy (non-hydrogen) atoms. The van der Waals surface area contributed by atoms with Crippen molar-refractivity contribution >= 4 is 46.3 Å². The van der Waals surface area contributed by atoms with Crippen LogP contribution in [0.3, 0.4) is 0 Å². The van der Waals surface area contributed by atoms with Gasteiger partial charge in [0, 0.05) is 17.1 Å². The van der Waals surface area contributed by atoms with Crippen molar-refractivity contribution in [3.05, 3.63) is 59.8 Å². The van der Waals surface area contributed by atoms with Gasteiger partial charge >= 0.3 is 0 Å². The number of anilines is 3. The van der Waals surface area contributed by atoms with Crippen LogP contribution in [0.1, 0.15) is 36.3 Å². The fourth-order valence-electron chi connectivity index (χ4n) is 4.47. The number of carbonyl (C=O) groups is 1. The number of nitrogens with zero attached hydrogens (tertiary/aromatic N) is 2. The van der Waals surface area contributed by atoms with Crippen molar-refractivity contribution in [1.82, 2.24) is 15.2 Å². The van der Waals surface area contributed by atoms with Crippen molar-refractivity contribution in [3.63, 3.8) is 0 Å². The van der Waals surface area contributed by atoms with Gasteiger partial charge in [0.1, 0.15) is 17.2 Å². The fraction of sp³-hybridized carbons (Fsp3) is 0.269. The Morgan fingerprint density at radius 2 is 2.06 bits per heavy atom. The van der Waals surface area contributed by atoms with Crippen LogP contribution < -0.4 is 20.1 Å². The zero-order valence-electron chi connectivity index (χ0n) is 19.8. The molecule has 0 aliphatic heterocycles. The van der Waals surface area contributed by atoms with Crippen LogP contribution in [0.5, 0.6) is 11.5 Å². The summed E-state index contributed by atoms with van der Waals surface area (Å²) in [5, 5.41) is 15.7. The number of H-pyrrole nitrogens is 1. The van der Waals surface area contributed by atoms with Crippen LogP contribution in [0.2, 0.25) is 0 Å². The number of carbonyl (C=O) groups excluding carboxylic acids is 1. The molecule has 2 aromatic carbocycles. The summed E-state index contributed by atoms with van der Waals surface area (Å²) in [6.45, 7) is 2.53. The average Bonchev–Trinajstić information content (AvgIpc) is 3.59. The van der Waals surface area contributed by atoms with E-state index in [0.29, 0.717) is 18.4 Å². The van der Waals surface area contributed by atoms with Crippen molar-refractivity contribution in [1.29, 1.82) is 0 Å². The molecule has 0 radical (unpaired) electrons. The lowest BCUT2D eigenvalue weighted by Crippen LogP contribution is -2.00. The molecule has 1 saturated carbocycles. The van der Waals surface area contributed by atoms with Crippen molar-refractivity contribution in [2.24, 2.45) is 0 Å². The van der Waals surface area contributed by atoms with Gasteiger partial charge in [0.15, 0.2) is 5.82 Å². The Labute approximate surface area is 207 Å². The maximum Gasteiger partial charge on any atom is 0.211 e. The fourth-order valence-corrected chi connectivity index (χ4v) is 4.85. The van der Waals surface area contributed by atoms with Gasteiger partial charge in [0.25, 0.3) is 0 Å². The van der Waals surface area contributed by atoms with Gasteiger partial charge < -0.3 is 20.1 Å². The average molecular weight is 490 g/mol. The van der Waals surface area contributed by atoms with Crippen molar-refractivity contribution < 1.29 is 14.3 Å². The van der Waals surface area contributed by atoms with Gasteiger partial charge in [-0.1, -0.05) is 6.07 Å². The van der Waals surface area contributed by atoms with E-state index in [9.17, 15) is 4.79 Å². The number of benzene rings is 2. The summed E-state index contributed by atoms with van der Waals surface area (Å²) in [6, 6.07) is 14.1. The first-order chi connectivity index (χ1) is 17.1. The molecule has 9 heteroatoms. The highest BCUT2D eigenvalue weighted by Gasteiger charge is 2.41. The number of hydrogen-bond donors (Lipinski definition) is 3. The van der Waals surface area contributed by atoms with Crippen LogP contribution >= 0.6 is 11.8 Å². The topological polar surface area (TPSA) is 101 Å². The highest BCUT2D eigenvalue weighted by molar-refractivity contribution is 7.98. The first-order valence-electron chi connectivity index (χ1n) is 11.4. The second-order valence-electron chi connectivity index (χ2n) is 8.32. The van der Waals surface area contributed by atoms with Crippen LogP contribution in [0, 0.1) is 0 Å². The number of fused-ring (bicyclic) bond motifs is 1. The minimum absolute atomic E-state index is 0.320. The number of ether oxygens (including phenoxy) is 2. The lowest BCUT2D eigenvalue weighted by atomic mass is 10.0. The molecule has 1 aliphatic rings. The van der Waals surface area contributed by atoms with E-state index in [1.165, 1.54) is 5.56 Å². The third kappa shape index (κ3) is 4.64. The quantitative estimate of drug-likeness (QED) is 0.195. The lowest BCUT2D eigenvalue weighted by molar-refractivity contribution is -0.105. The standard InChI is InChI=1S/C26H27N5O3S/c1-4-34-24-12-25(35-3)27-13-23(24)29-26-17-7-5-15(9-22(17)30-31-26)18-11-19(18)20-10-16(33-2)6-8-21(20)28-14-32/h5-10,12-14,18-19H,4,11H2,1-3H3,(H,28,32)(H2,29,30,31). The minimum Gasteiger partial charge on any atom is -0.497 e.